The summed E-state index contributed by atoms with van der Waals surface area (Å²) in [5.41, 5.74) is 0.982. The quantitative estimate of drug-likeness (QED) is 0.796. The number of aryl methyl sites for hydroxylation is 1. The monoisotopic (exact) mass is 223 g/mol. The number of thioether (sulfide) groups is 1. The normalized spacial score (nSPS) is 21.5. The number of aromatic nitrogens is 2. The molecule has 0 spiro atoms. The van der Waals surface area contributed by atoms with Crippen LogP contribution in [-0.2, 0) is 0 Å². The van der Waals surface area contributed by atoms with Gasteiger partial charge in [0, 0.05) is 11.8 Å². The SMILES string of the molecule is Cc1ccc(SC[C@@H]2CCCCN2)nn1. The maximum absolute atomic E-state index is 4.15. The summed E-state index contributed by atoms with van der Waals surface area (Å²) in [6.45, 7) is 3.13. The van der Waals surface area contributed by atoms with E-state index in [9.17, 15) is 0 Å². The molecule has 1 aromatic rings. The molecule has 1 aromatic heterocycles. The maximum atomic E-state index is 4.15. The second-order valence-corrected chi connectivity index (χ2v) is 5.01. The lowest BCUT2D eigenvalue weighted by molar-refractivity contribution is 0.430. The van der Waals surface area contributed by atoms with Crippen molar-refractivity contribution in [2.75, 3.05) is 12.3 Å². The van der Waals surface area contributed by atoms with E-state index in [0.29, 0.717) is 6.04 Å². The zero-order valence-corrected chi connectivity index (χ0v) is 9.89. The minimum Gasteiger partial charge on any atom is -0.313 e. The van der Waals surface area contributed by atoms with Gasteiger partial charge in [0.2, 0.25) is 0 Å². The lowest BCUT2D eigenvalue weighted by Crippen LogP contribution is -2.35. The van der Waals surface area contributed by atoms with Crippen LogP contribution in [0.4, 0.5) is 0 Å². The minimum absolute atomic E-state index is 0.659. The van der Waals surface area contributed by atoms with E-state index < -0.39 is 0 Å². The molecule has 0 aliphatic carbocycles. The second-order valence-electron chi connectivity index (χ2n) is 3.97. The van der Waals surface area contributed by atoms with Gasteiger partial charge in [-0.15, -0.1) is 16.9 Å². The largest absolute Gasteiger partial charge is 0.313 e. The van der Waals surface area contributed by atoms with Crippen LogP contribution < -0.4 is 5.32 Å². The molecular weight excluding hydrogens is 206 g/mol. The van der Waals surface area contributed by atoms with Gasteiger partial charge in [-0.1, -0.05) is 6.42 Å². The number of nitrogens with one attached hydrogen (secondary N) is 1. The standard InChI is InChI=1S/C11H17N3S/c1-9-5-6-11(14-13-9)15-8-10-4-2-3-7-12-10/h5-6,10,12H,2-4,7-8H2,1H3/t10-/m0/s1. The summed E-state index contributed by atoms with van der Waals surface area (Å²) in [6.07, 6.45) is 3.98. The Morgan fingerprint density at radius 2 is 2.33 bits per heavy atom. The van der Waals surface area contributed by atoms with Gasteiger partial charge >= 0.3 is 0 Å². The molecule has 0 unspecified atom stereocenters. The Morgan fingerprint density at radius 3 is 3.00 bits per heavy atom. The summed E-state index contributed by atoms with van der Waals surface area (Å²) < 4.78 is 0. The van der Waals surface area contributed by atoms with E-state index in [2.05, 4.69) is 21.6 Å². The van der Waals surface area contributed by atoms with Crippen LogP contribution in [0.1, 0.15) is 25.0 Å². The number of nitrogens with zero attached hydrogens (tertiary/aromatic N) is 2. The maximum Gasteiger partial charge on any atom is 0.119 e. The highest BCUT2D eigenvalue weighted by molar-refractivity contribution is 7.99. The fraction of sp³-hybridized carbons (Fsp3) is 0.636. The van der Waals surface area contributed by atoms with Crippen LogP contribution in [0.15, 0.2) is 17.2 Å². The van der Waals surface area contributed by atoms with Crippen molar-refractivity contribution in [2.24, 2.45) is 0 Å². The molecule has 4 heteroatoms. The first-order valence-corrected chi connectivity index (χ1v) is 6.50. The average Bonchev–Trinajstić information content (AvgIpc) is 2.30. The molecular formula is C11H17N3S. The number of piperidine rings is 1. The van der Waals surface area contributed by atoms with Crippen LogP contribution in [0.5, 0.6) is 0 Å². The van der Waals surface area contributed by atoms with E-state index in [1.54, 1.807) is 11.8 Å². The molecule has 1 fully saturated rings. The molecule has 0 radical (unpaired) electrons. The van der Waals surface area contributed by atoms with Gasteiger partial charge in [0.15, 0.2) is 0 Å². The molecule has 1 aliphatic rings. The van der Waals surface area contributed by atoms with E-state index in [4.69, 9.17) is 0 Å². The molecule has 2 rings (SSSR count). The van der Waals surface area contributed by atoms with Gasteiger partial charge in [0.1, 0.15) is 5.03 Å². The Balaban J connectivity index is 1.79. The lowest BCUT2D eigenvalue weighted by Gasteiger charge is -2.22. The highest BCUT2D eigenvalue weighted by Crippen LogP contribution is 2.18. The molecule has 2 heterocycles. The lowest BCUT2D eigenvalue weighted by atomic mass is 10.1. The van der Waals surface area contributed by atoms with Crippen LogP contribution in [0.2, 0.25) is 0 Å². The van der Waals surface area contributed by atoms with Crippen molar-refractivity contribution >= 4 is 11.8 Å². The van der Waals surface area contributed by atoms with Crippen molar-refractivity contribution in [1.82, 2.24) is 15.5 Å². The molecule has 82 valence electrons. The van der Waals surface area contributed by atoms with E-state index in [0.717, 1.165) is 16.5 Å². The number of hydrogen-bond donors (Lipinski definition) is 1. The summed E-state index contributed by atoms with van der Waals surface area (Å²) in [5, 5.41) is 12.8. The van der Waals surface area contributed by atoms with Crippen LogP contribution in [0.3, 0.4) is 0 Å². The first-order valence-electron chi connectivity index (χ1n) is 5.51. The summed E-state index contributed by atoms with van der Waals surface area (Å²) >= 11 is 1.80. The van der Waals surface area contributed by atoms with Crippen LogP contribution in [0.25, 0.3) is 0 Å². The fourth-order valence-electron chi connectivity index (χ4n) is 1.72. The van der Waals surface area contributed by atoms with Crippen molar-refractivity contribution < 1.29 is 0 Å². The van der Waals surface area contributed by atoms with Crippen LogP contribution >= 0.6 is 11.8 Å². The molecule has 3 nitrogen and oxygen atoms in total. The van der Waals surface area contributed by atoms with Crippen molar-refractivity contribution in [2.45, 2.75) is 37.3 Å². The molecule has 1 atom stereocenters. The topological polar surface area (TPSA) is 37.8 Å². The molecule has 15 heavy (non-hydrogen) atoms. The predicted molar refractivity (Wildman–Crippen MR) is 63.1 cm³/mol. The van der Waals surface area contributed by atoms with Crippen LogP contribution in [0, 0.1) is 6.92 Å². The van der Waals surface area contributed by atoms with Crippen molar-refractivity contribution in [3.63, 3.8) is 0 Å². The first-order chi connectivity index (χ1) is 7.34. The van der Waals surface area contributed by atoms with E-state index in [1.165, 1.54) is 25.8 Å². The average molecular weight is 223 g/mol. The molecule has 0 amide bonds. The van der Waals surface area contributed by atoms with Gasteiger partial charge in [-0.25, -0.2) is 0 Å². The summed E-state index contributed by atoms with van der Waals surface area (Å²) in [7, 11) is 0. The first kappa shape index (κ1) is 10.9. The zero-order valence-electron chi connectivity index (χ0n) is 9.07. The van der Waals surface area contributed by atoms with E-state index in [1.807, 2.05) is 13.0 Å². The van der Waals surface area contributed by atoms with Gasteiger partial charge < -0.3 is 5.32 Å². The highest BCUT2D eigenvalue weighted by Gasteiger charge is 2.12. The van der Waals surface area contributed by atoms with Crippen molar-refractivity contribution in [3.05, 3.63) is 17.8 Å². The molecule has 1 N–H and O–H groups in total. The summed E-state index contributed by atoms with van der Waals surface area (Å²) in [5.74, 6) is 1.11. The molecule has 1 aliphatic heterocycles. The number of rotatable bonds is 3. The van der Waals surface area contributed by atoms with Crippen molar-refractivity contribution in [3.8, 4) is 0 Å². The smallest absolute Gasteiger partial charge is 0.119 e. The van der Waals surface area contributed by atoms with Gasteiger partial charge in [0.05, 0.1) is 5.69 Å². The van der Waals surface area contributed by atoms with E-state index >= 15 is 0 Å². The molecule has 0 saturated carbocycles. The third kappa shape index (κ3) is 3.47. The Hall–Kier alpha value is -0.610. The Labute approximate surface area is 95.1 Å². The number of hydrogen-bond acceptors (Lipinski definition) is 4. The third-order valence-corrected chi connectivity index (χ3v) is 3.70. The van der Waals surface area contributed by atoms with Gasteiger partial charge in [-0.05, 0) is 38.4 Å². The van der Waals surface area contributed by atoms with Crippen LogP contribution in [-0.4, -0.2) is 28.5 Å². The Morgan fingerprint density at radius 1 is 1.40 bits per heavy atom. The van der Waals surface area contributed by atoms with Gasteiger partial charge in [-0.2, -0.15) is 5.10 Å². The van der Waals surface area contributed by atoms with Crippen molar-refractivity contribution in [1.29, 1.82) is 0 Å². The van der Waals surface area contributed by atoms with Gasteiger partial charge in [-0.3, -0.25) is 0 Å². The zero-order chi connectivity index (χ0) is 10.5. The summed E-state index contributed by atoms with van der Waals surface area (Å²) in [4.78, 5) is 0. The molecule has 0 aromatic carbocycles. The summed E-state index contributed by atoms with van der Waals surface area (Å²) in [6, 6.07) is 4.73. The molecule has 1 saturated heterocycles. The second kappa shape index (κ2) is 5.47. The van der Waals surface area contributed by atoms with E-state index in [-0.39, 0.29) is 0 Å². The fourth-order valence-corrected chi connectivity index (χ4v) is 2.64. The van der Waals surface area contributed by atoms with Gasteiger partial charge in [0.25, 0.3) is 0 Å². The molecule has 0 bridgehead atoms. The minimum atomic E-state index is 0.659. The highest BCUT2D eigenvalue weighted by atomic mass is 32.2. The predicted octanol–water partition coefficient (Wildman–Crippen LogP) is 2.02. The third-order valence-electron chi connectivity index (χ3n) is 2.62. The Bertz CT molecular complexity index is 293. The Kier molecular flexibility index (Phi) is 3.97.